The molecule has 5 nitrogen and oxygen atoms in total. The van der Waals surface area contributed by atoms with E-state index in [9.17, 15) is 4.79 Å². The Kier molecular flexibility index (Phi) is 2.53. The number of aromatic nitrogens is 4. The molecule has 0 aliphatic heterocycles. The van der Waals surface area contributed by atoms with Gasteiger partial charge in [0, 0.05) is 18.6 Å². The Hall–Kier alpha value is -2.04. The minimum atomic E-state index is 0.460. The van der Waals surface area contributed by atoms with Crippen LogP contribution in [0, 0.1) is 0 Å². The number of hydrogen-bond acceptors (Lipinski definition) is 4. The SMILES string of the molecule is CCc1cnn(-c2ncc(C=O)cn2)c1. The molecule has 0 amide bonds. The average Bonchev–Trinajstić information content (AvgIpc) is 2.78. The minimum Gasteiger partial charge on any atom is -0.298 e. The zero-order valence-corrected chi connectivity index (χ0v) is 8.29. The third kappa shape index (κ3) is 1.90. The molecular formula is C10H10N4O. The highest BCUT2D eigenvalue weighted by Crippen LogP contribution is 2.03. The molecule has 0 N–H and O–H groups in total. The summed E-state index contributed by atoms with van der Waals surface area (Å²) in [4.78, 5) is 18.5. The van der Waals surface area contributed by atoms with Crippen molar-refractivity contribution < 1.29 is 4.79 Å². The van der Waals surface area contributed by atoms with Crippen LogP contribution in [-0.4, -0.2) is 26.0 Å². The third-order valence-corrected chi connectivity index (χ3v) is 2.04. The van der Waals surface area contributed by atoms with Gasteiger partial charge in [-0.05, 0) is 12.0 Å². The molecule has 0 bridgehead atoms. The molecule has 0 unspecified atom stereocenters. The summed E-state index contributed by atoms with van der Waals surface area (Å²) in [5, 5.41) is 4.12. The molecule has 2 aromatic rings. The van der Waals surface area contributed by atoms with Crippen molar-refractivity contribution in [1.82, 2.24) is 19.7 Å². The van der Waals surface area contributed by atoms with Crippen molar-refractivity contribution in [3.63, 3.8) is 0 Å². The number of carbonyl (C=O) groups is 1. The first-order chi connectivity index (χ1) is 7.33. The van der Waals surface area contributed by atoms with E-state index in [-0.39, 0.29) is 0 Å². The topological polar surface area (TPSA) is 60.7 Å². The number of rotatable bonds is 3. The summed E-state index contributed by atoms with van der Waals surface area (Å²) in [6.45, 7) is 2.05. The van der Waals surface area contributed by atoms with E-state index in [1.165, 1.54) is 12.4 Å². The van der Waals surface area contributed by atoms with Gasteiger partial charge >= 0.3 is 0 Å². The van der Waals surface area contributed by atoms with E-state index in [1.807, 2.05) is 6.20 Å². The molecule has 76 valence electrons. The van der Waals surface area contributed by atoms with Crippen LogP contribution in [0.2, 0.25) is 0 Å². The van der Waals surface area contributed by atoms with E-state index in [2.05, 4.69) is 22.0 Å². The maximum atomic E-state index is 10.4. The average molecular weight is 202 g/mol. The van der Waals surface area contributed by atoms with Crippen molar-refractivity contribution in [3.05, 3.63) is 35.9 Å². The quantitative estimate of drug-likeness (QED) is 0.697. The van der Waals surface area contributed by atoms with Gasteiger partial charge in [-0.3, -0.25) is 4.79 Å². The minimum absolute atomic E-state index is 0.460. The third-order valence-electron chi connectivity index (χ3n) is 2.04. The van der Waals surface area contributed by atoms with Gasteiger partial charge in [0.1, 0.15) is 0 Å². The summed E-state index contributed by atoms with van der Waals surface area (Å²) in [5.41, 5.74) is 1.58. The van der Waals surface area contributed by atoms with Crippen molar-refractivity contribution in [3.8, 4) is 5.95 Å². The van der Waals surface area contributed by atoms with E-state index in [4.69, 9.17) is 0 Å². The molecule has 0 fully saturated rings. The van der Waals surface area contributed by atoms with Crippen LogP contribution in [0.1, 0.15) is 22.8 Å². The van der Waals surface area contributed by atoms with Crippen molar-refractivity contribution in [2.24, 2.45) is 0 Å². The fourth-order valence-corrected chi connectivity index (χ4v) is 1.16. The largest absolute Gasteiger partial charge is 0.298 e. The summed E-state index contributed by atoms with van der Waals surface area (Å²) < 4.78 is 1.59. The van der Waals surface area contributed by atoms with Gasteiger partial charge in [0.05, 0.1) is 11.8 Å². The molecular weight excluding hydrogens is 192 g/mol. The molecule has 2 aromatic heterocycles. The Morgan fingerprint density at radius 3 is 2.60 bits per heavy atom. The van der Waals surface area contributed by atoms with Crippen LogP contribution < -0.4 is 0 Å². The second-order valence-electron chi connectivity index (χ2n) is 3.08. The molecule has 0 saturated carbocycles. The smallest absolute Gasteiger partial charge is 0.250 e. The lowest BCUT2D eigenvalue weighted by Crippen LogP contribution is -2.01. The molecule has 0 spiro atoms. The lowest BCUT2D eigenvalue weighted by molar-refractivity contribution is 0.112. The first-order valence-corrected chi connectivity index (χ1v) is 4.64. The molecule has 0 saturated heterocycles. The Morgan fingerprint density at radius 2 is 2.07 bits per heavy atom. The number of carbonyl (C=O) groups excluding carboxylic acids is 1. The van der Waals surface area contributed by atoms with Crippen molar-refractivity contribution in [2.75, 3.05) is 0 Å². The molecule has 0 radical (unpaired) electrons. The number of hydrogen-bond donors (Lipinski definition) is 0. The standard InChI is InChI=1S/C10H10N4O/c1-2-8-5-13-14(6-8)10-11-3-9(7-15)4-12-10/h3-7H,2H2,1H3. The van der Waals surface area contributed by atoms with E-state index in [0.29, 0.717) is 17.8 Å². The monoisotopic (exact) mass is 202 g/mol. The van der Waals surface area contributed by atoms with Crippen molar-refractivity contribution in [1.29, 1.82) is 0 Å². The Morgan fingerprint density at radius 1 is 1.33 bits per heavy atom. The van der Waals surface area contributed by atoms with Crippen LogP contribution in [0.25, 0.3) is 5.95 Å². The van der Waals surface area contributed by atoms with Gasteiger partial charge < -0.3 is 0 Å². The van der Waals surface area contributed by atoms with Gasteiger partial charge in [-0.15, -0.1) is 0 Å². The first kappa shape index (κ1) is 9.51. The van der Waals surface area contributed by atoms with E-state index >= 15 is 0 Å². The van der Waals surface area contributed by atoms with Crippen LogP contribution in [-0.2, 0) is 6.42 Å². The first-order valence-electron chi connectivity index (χ1n) is 4.64. The van der Waals surface area contributed by atoms with Crippen LogP contribution in [0.5, 0.6) is 0 Å². The maximum Gasteiger partial charge on any atom is 0.250 e. The normalized spacial score (nSPS) is 10.2. The summed E-state index contributed by atoms with van der Waals surface area (Å²) in [5.74, 6) is 0.473. The van der Waals surface area contributed by atoms with Gasteiger partial charge in [0.25, 0.3) is 0 Å². The fourth-order valence-electron chi connectivity index (χ4n) is 1.16. The molecule has 0 aliphatic carbocycles. The highest BCUT2D eigenvalue weighted by atomic mass is 16.1. The zero-order chi connectivity index (χ0) is 10.7. The van der Waals surface area contributed by atoms with Gasteiger partial charge in [0.15, 0.2) is 6.29 Å². The predicted octanol–water partition coefficient (Wildman–Crippen LogP) is 1.04. The summed E-state index contributed by atoms with van der Waals surface area (Å²) in [6.07, 6.45) is 8.23. The highest BCUT2D eigenvalue weighted by molar-refractivity contribution is 5.73. The molecule has 0 atom stereocenters. The second kappa shape index (κ2) is 4.00. The molecule has 0 aliphatic rings. The second-order valence-corrected chi connectivity index (χ2v) is 3.08. The van der Waals surface area contributed by atoms with Gasteiger partial charge in [0.2, 0.25) is 5.95 Å². The molecule has 2 rings (SSSR count). The van der Waals surface area contributed by atoms with E-state index in [0.717, 1.165) is 12.0 Å². The Labute approximate surface area is 86.8 Å². The van der Waals surface area contributed by atoms with Crippen molar-refractivity contribution in [2.45, 2.75) is 13.3 Å². The number of aryl methyl sites for hydroxylation is 1. The lowest BCUT2D eigenvalue weighted by atomic mass is 10.3. The Balaban J connectivity index is 2.32. The maximum absolute atomic E-state index is 10.4. The van der Waals surface area contributed by atoms with Gasteiger partial charge in [-0.2, -0.15) is 5.10 Å². The number of aldehydes is 1. The van der Waals surface area contributed by atoms with Crippen LogP contribution >= 0.6 is 0 Å². The molecule has 0 aromatic carbocycles. The number of nitrogens with zero attached hydrogens (tertiary/aromatic N) is 4. The summed E-state index contributed by atoms with van der Waals surface area (Å²) >= 11 is 0. The fraction of sp³-hybridized carbons (Fsp3) is 0.200. The van der Waals surface area contributed by atoms with Gasteiger partial charge in [-0.25, -0.2) is 14.6 Å². The Bertz CT molecular complexity index is 461. The van der Waals surface area contributed by atoms with E-state index < -0.39 is 0 Å². The summed E-state index contributed by atoms with van der Waals surface area (Å²) in [6, 6.07) is 0. The lowest BCUT2D eigenvalue weighted by Gasteiger charge is -1.97. The van der Waals surface area contributed by atoms with Crippen molar-refractivity contribution >= 4 is 6.29 Å². The molecule has 2 heterocycles. The zero-order valence-electron chi connectivity index (χ0n) is 8.29. The van der Waals surface area contributed by atoms with E-state index in [1.54, 1.807) is 10.9 Å². The van der Waals surface area contributed by atoms with Crippen LogP contribution in [0.15, 0.2) is 24.8 Å². The molecule has 5 heteroatoms. The van der Waals surface area contributed by atoms with Gasteiger partial charge in [-0.1, -0.05) is 6.92 Å². The molecule has 15 heavy (non-hydrogen) atoms. The predicted molar refractivity (Wildman–Crippen MR) is 53.9 cm³/mol. The highest BCUT2D eigenvalue weighted by Gasteiger charge is 2.01. The summed E-state index contributed by atoms with van der Waals surface area (Å²) in [7, 11) is 0. The van der Waals surface area contributed by atoms with Crippen LogP contribution in [0.4, 0.5) is 0 Å². The van der Waals surface area contributed by atoms with Crippen LogP contribution in [0.3, 0.4) is 0 Å².